The van der Waals surface area contributed by atoms with E-state index in [1.165, 1.54) is 7.11 Å². The summed E-state index contributed by atoms with van der Waals surface area (Å²) in [4.78, 5) is 11.4. The summed E-state index contributed by atoms with van der Waals surface area (Å²) >= 11 is 5.85. The van der Waals surface area contributed by atoms with Gasteiger partial charge in [-0.1, -0.05) is 23.7 Å². The summed E-state index contributed by atoms with van der Waals surface area (Å²) in [6.07, 6.45) is 0. The first kappa shape index (κ1) is 15.4. The van der Waals surface area contributed by atoms with Crippen LogP contribution >= 0.6 is 11.6 Å². The van der Waals surface area contributed by atoms with Crippen LogP contribution in [0.25, 0.3) is 0 Å². The van der Waals surface area contributed by atoms with Crippen LogP contribution in [0.15, 0.2) is 48.5 Å². The molecule has 21 heavy (non-hydrogen) atoms. The number of benzene rings is 2. The normalized spacial score (nSPS) is 10.2. The Kier molecular flexibility index (Phi) is 5.60. The van der Waals surface area contributed by atoms with E-state index in [4.69, 9.17) is 16.3 Å². The lowest BCUT2D eigenvalue weighted by Gasteiger charge is -2.09. The van der Waals surface area contributed by atoms with Crippen LogP contribution in [-0.4, -0.2) is 19.6 Å². The molecular formula is C16H17ClN2O2. The molecule has 0 unspecified atom stereocenters. The number of rotatable bonds is 6. The van der Waals surface area contributed by atoms with Gasteiger partial charge in [-0.2, -0.15) is 0 Å². The van der Waals surface area contributed by atoms with Gasteiger partial charge in [0.25, 0.3) is 0 Å². The van der Waals surface area contributed by atoms with E-state index >= 15 is 0 Å². The van der Waals surface area contributed by atoms with Crippen molar-refractivity contribution in [2.75, 3.05) is 24.4 Å². The van der Waals surface area contributed by atoms with Crippen molar-refractivity contribution in [2.45, 2.75) is 6.54 Å². The van der Waals surface area contributed by atoms with E-state index in [1.807, 2.05) is 48.5 Å². The molecule has 2 aromatic carbocycles. The second kappa shape index (κ2) is 7.67. The van der Waals surface area contributed by atoms with Crippen LogP contribution < -0.4 is 10.6 Å². The van der Waals surface area contributed by atoms with Crippen LogP contribution in [-0.2, 0) is 16.1 Å². The zero-order chi connectivity index (χ0) is 15.1. The van der Waals surface area contributed by atoms with Gasteiger partial charge in [-0.05, 0) is 42.0 Å². The van der Waals surface area contributed by atoms with Crippen LogP contribution in [0, 0.1) is 0 Å². The number of carbonyl (C=O) groups is 1. The zero-order valence-corrected chi connectivity index (χ0v) is 12.5. The molecule has 110 valence electrons. The van der Waals surface area contributed by atoms with Crippen molar-refractivity contribution < 1.29 is 9.53 Å². The van der Waals surface area contributed by atoms with Crippen LogP contribution in [0.4, 0.5) is 11.4 Å². The van der Waals surface area contributed by atoms with Gasteiger partial charge in [0.05, 0.1) is 0 Å². The average Bonchev–Trinajstić information content (AvgIpc) is 2.48. The molecule has 0 atom stereocenters. The Labute approximate surface area is 129 Å². The minimum atomic E-state index is -0.167. The number of anilines is 2. The number of carbonyl (C=O) groups excluding carboxylic acids is 1. The quantitative estimate of drug-likeness (QED) is 0.858. The van der Waals surface area contributed by atoms with Gasteiger partial charge in [0.15, 0.2) is 0 Å². The minimum Gasteiger partial charge on any atom is -0.381 e. The standard InChI is InChI=1S/C16H17ClN2O2/c1-21-11-16(20)19-15-8-6-14(7-9-15)18-10-12-2-4-13(17)5-3-12/h2-9,18H,10-11H2,1H3,(H,19,20). The van der Waals surface area contributed by atoms with E-state index in [1.54, 1.807) is 0 Å². The summed E-state index contributed by atoms with van der Waals surface area (Å²) in [6, 6.07) is 15.2. The van der Waals surface area contributed by atoms with Crippen LogP contribution in [0.1, 0.15) is 5.56 Å². The smallest absolute Gasteiger partial charge is 0.250 e. The lowest BCUT2D eigenvalue weighted by atomic mass is 10.2. The molecule has 0 saturated carbocycles. The lowest BCUT2D eigenvalue weighted by Crippen LogP contribution is -2.16. The number of methoxy groups -OCH3 is 1. The summed E-state index contributed by atoms with van der Waals surface area (Å²) in [6.45, 7) is 0.767. The van der Waals surface area contributed by atoms with E-state index in [9.17, 15) is 4.79 Å². The van der Waals surface area contributed by atoms with Gasteiger partial charge in [-0.3, -0.25) is 4.79 Å². The summed E-state index contributed by atoms with van der Waals surface area (Å²) in [5, 5.41) is 6.78. The highest BCUT2D eigenvalue weighted by molar-refractivity contribution is 6.30. The van der Waals surface area contributed by atoms with Crippen LogP contribution in [0.2, 0.25) is 5.02 Å². The molecule has 0 heterocycles. The first-order valence-corrected chi connectivity index (χ1v) is 6.92. The highest BCUT2D eigenvalue weighted by atomic mass is 35.5. The lowest BCUT2D eigenvalue weighted by molar-refractivity contribution is -0.119. The Morgan fingerprint density at radius 3 is 2.29 bits per heavy atom. The second-order valence-corrected chi connectivity index (χ2v) is 4.97. The van der Waals surface area contributed by atoms with E-state index in [2.05, 4.69) is 10.6 Å². The van der Waals surface area contributed by atoms with Crippen molar-refractivity contribution in [3.8, 4) is 0 Å². The van der Waals surface area contributed by atoms with E-state index in [0.717, 1.165) is 22.0 Å². The van der Waals surface area contributed by atoms with Crippen LogP contribution in [0.5, 0.6) is 0 Å². The van der Waals surface area contributed by atoms with Gasteiger partial charge in [0, 0.05) is 30.1 Å². The van der Waals surface area contributed by atoms with Crippen molar-refractivity contribution in [3.05, 3.63) is 59.1 Å². The zero-order valence-electron chi connectivity index (χ0n) is 11.7. The third-order valence-electron chi connectivity index (χ3n) is 2.85. The van der Waals surface area contributed by atoms with Crippen molar-refractivity contribution in [1.29, 1.82) is 0 Å². The SMILES string of the molecule is COCC(=O)Nc1ccc(NCc2ccc(Cl)cc2)cc1. The molecule has 0 radical (unpaired) electrons. The Morgan fingerprint density at radius 2 is 1.67 bits per heavy atom. The maximum Gasteiger partial charge on any atom is 0.250 e. The molecule has 0 aliphatic rings. The molecule has 0 saturated heterocycles. The number of ether oxygens (including phenoxy) is 1. The summed E-state index contributed by atoms with van der Waals surface area (Å²) in [5.74, 6) is -0.167. The molecule has 2 N–H and O–H groups in total. The van der Waals surface area contributed by atoms with E-state index in [0.29, 0.717) is 6.54 Å². The Balaban J connectivity index is 1.87. The molecule has 0 aromatic heterocycles. The summed E-state index contributed by atoms with van der Waals surface area (Å²) in [5.41, 5.74) is 2.88. The molecule has 0 fully saturated rings. The third kappa shape index (κ3) is 5.10. The fraction of sp³-hybridized carbons (Fsp3) is 0.188. The monoisotopic (exact) mass is 304 g/mol. The molecule has 0 bridgehead atoms. The molecular weight excluding hydrogens is 288 g/mol. The average molecular weight is 305 g/mol. The van der Waals surface area contributed by atoms with Crippen molar-refractivity contribution in [3.63, 3.8) is 0 Å². The van der Waals surface area contributed by atoms with E-state index < -0.39 is 0 Å². The number of amides is 1. The highest BCUT2D eigenvalue weighted by Crippen LogP contribution is 2.15. The third-order valence-corrected chi connectivity index (χ3v) is 3.11. The highest BCUT2D eigenvalue weighted by Gasteiger charge is 2.01. The summed E-state index contributed by atoms with van der Waals surface area (Å²) in [7, 11) is 1.49. The fourth-order valence-electron chi connectivity index (χ4n) is 1.81. The molecule has 5 heteroatoms. The maximum atomic E-state index is 11.4. The number of nitrogens with one attached hydrogen (secondary N) is 2. The van der Waals surface area contributed by atoms with Gasteiger partial charge < -0.3 is 15.4 Å². The Bertz CT molecular complexity index is 582. The van der Waals surface area contributed by atoms with Crippen LogP contribution in [0.3, 0.4) is 0 Å². The maximum absolute atomic E-state index is 11.4. The number of hydrogen-bond donors (Lipinski definition) is 2. The predicted octanol–water partition coefficient (Wildman–Crippen LogP) is 3.54. The largest absolute Gasteiger partial charge is 0.381 e. The second-order valence-electron chi connectivity index (χ2n) is 4.54. The summed E-state index contributed by atoms with van der Waals surface area (Å²) < 4.78 is 4.76. The molecule has 2 rings (SSSR count). The predicted molar refractivity (Wildman–Crippen MR) is 85.7 cm³/mol. The van der Waals surface area contributed by atoms with Gasteiger partial charge in [0.1, 0.15) is 6.61 Å². The number of halogens is 1. The topological polar surface area (TPSA) is 50.4 Å². The molecule has 2 aromatic rings. The Morgan fingerprint density at radius 1 is 1.05 bits per heavy atom. The van der Waals surface area contributed by atoms with Gasteiger partial charge in [0.2, 0.25) is 5.91 Å². The molecule has 0 aliphatic heterocycles. The molecule has 0 spiro atoms. The first-order chi connectivity index (χ1) is 10.2. The Hall–Kier alpha value is -2.04. The fourth-order valence-corrected chi connectivity index (χ4v) is 1.93. The minimum absolute atomic E-state index is 0.0522. The van der Waals surface area contributed by atoms with E-state index in [-0.39, 0.29) is 12.5 Å². The van der Waals surface area contributed by atoms with Gasteiger partial charge in [-0.15, -0.1) is 0 Å². The molecule has 4 nitrogen and oxygen atoms in total. The molecule has 1 amide bonds. The van der Waals surface area contributed by atoms with Crippen molar-refractivity contribution in [1.82, 2.24) is 0 Å². The van der Waals surface area contributed by atoms with Gasteiger partial charge in [-0.25, -0.2) is 0 Å². The van der Waals surface area contributed by atoms with Gasteiger partial charge >= 0.3 is 0 Å². The number of hydrogen-bond acceptors (Lipinski definition) is 3. The van der Waals surface area contributed by atoms with Crippen molar-refractivity contribution >= 4 is 28.9 Å². The van der Waals surface area contributed by atoms with Crippen molar-refractivity contribution in [2.24, 2.45) is 0 Å². The first-order valence-electron chi connectivity index (χ1n) is 6.54. The molecule has 0 aliphatic carbocycles.